The largest absolute Gasteiger partial charge is 0.368 e. The molecule has 2 rings (SSSR count). The quantitative estimate of drug-likeness (QED) is 0.840. The second-order valence-corrected chi connectivity index (χ2v) is 4.88. The highest BCUT2D eigenvalue weighted by molar-refractivity contribution is 7.18. The summed E-state index contributed by atoms with van der Waals surface area (Å²) < 4.78 is 0. The molecule has 80 valence electrons. The number of anilines is 1. The van der Waals surface area contributed by atoms with E-state index in [4.69, 9.17) is 11.6 Å². The molecule has 0 aliphatic carbocycles. The molecular formula is C10H12ClN3S. The van der Waals surface area contributed by atoms with Crippen LogP contribution in [0.25, 0.3) is 10.2 Å². The van der Waals surface area contributed by atoms with E-state index in [0.717, 1.165) is 22.6 Å². The minimum atomic E-state index is 0.577. The smallest absolute Gasteiger partial charge is 0.138 e. The fourth-order valence-electron chi connectivity index (χ4n) is 1.48. The minimum absolute atomic E-state index is 0.577. The zero-order valence-corrected chi connectivity index (χ0v) is 10.2. The van der Waals surface area contributed by atoms with E-state index in [9.17, 15) is 0 Å². The second kappa shape index (κ2) is 4.33. The molecule has 0 aliphatic rings. The lowest BCUT2D eigenvalue weighted by molar-refractivity contribution is 1.15. The van der Waals surface area contributed by atoms with Crippen LogP contribution in [-0.4, -0.2) is 22.4 Å². The van der Waals surface area contributed by atoms with Crippen molar-refractivity contribution in [3.63, 3.8) is 0 Å². The number of aromatic nitrogens is 2. The summed E-state index contributed by atoms with van der Waals surface area (Å²) in [4.78, 5) is 10.8. The summed E-state index contributed by atoms with van der Waals surface area (Å²) in [5.41, 5.74) is 1.26. The molecule has 0 aromatic carbocycles. The number of hydrogen-bond acceptors (Lipinski definition) is 4. The molecule has 1 N–H and O–H groups in total. The van der Waals surface area contributed by atoms with Gasteiger partial charge in [-0.2, -0.15) is 0 Å². The van der Waals surface area contributed by atoms with E-state index in [-0.39, 0.29) is 0 Å². The van der Waals surface area contributed by atoms with Crippen molar-refractivity contribution in [2.75, 3.05) is 17.7 Å². The lowest BCUT2D eigenvalue weighted by Crippen LogP contribution is -2.04. The van der Waals surface area contributed by atoms with E-state index in [0.29, 0.717) is 5.88 Å². The highest BCUT2D eigenvalue weighted by atomic mass is 35.5. The van der Waals surface area contributed by atoms with Gasteiger partial charge in [0.1, 0.15) is 17.0 Å². The van der Waals surface area contributed by atoms with E-state index in [1.54, 1.807) is 17.7 Å². The van der Waals surface area contributed by atoms with Crippen LogP contribution in [-0.2, 0) is 0 Å². The van der Waals surface area contributed by atoms with Crippen LogP contribution in [0.4, 0.5) is 5.82 Å². The summed E-state index contributed by atoms with van der Waals surface area (Å²) in [6.07, 6.45) is 1.59. The molecule has 3 nitrogen and oxygen atoms in total. The first-order chi connectivity index (χ1) is 7.24. The average molecular weight is 242 g/mol. The zero-order valence-electron chi connectivity index (χ0n) is 8.67. The summed E-state index contributed by atoms with van der Waals surface area (Å²) in [6.45, 7) is 4.93. The average Bonchev–Trinajstić information content (AvgIpc) is 2.53. The Morgan fingerprint density at radius 1 is 1.40 bits per heavy atom. The van der Waals surface area contributed by atoms with Gasteiger partial charge in [-0.1, -0.05) is 0 Å². The third-order valence-corrected chi connectivity index (χ3v) is 3.66. The molecule has 15 heavy (non-hydrogen) atoms. The monoisotopic (exact) mass is 241 g/mol. The standard InChI is InChI=1S/C10H12ClN3S/c1-6-7(2)15-10-8(6)9(12-4-3-11)13-5-14-10/h5H,3-4H2,1-2H3,(H,12,13,14). The second-order valence-electron chi connectivity index (χ2n) is 3.30. The number of halogens is 1. The Kier molecular flexibility index (Phi) is 3.07. The lowest BCUT2D eigenvalue weighted by Gasteiger charge is -2.04. The molecule has 0 saturated carbocycles. The van der Waals surface area contributed by atoms with Crippen molar-refractivity contribution in [3.05, 3.63) is 16.8 Å². The Hall–Kier alpha value is -0.870. The predicted octanol–water partition coefficient (Wildman–Crippen LogP) is 2.96. The van der Waals surface area contributed by atoms with Crippen LogP contribution in [0.15, 0.2) is 6.33 Å². The van der Waals surface area contributed by atoms with Gasteiger partial charge in [-0.05, 0) is 19.4 Å². The molecule has 2 aromatic rings. The molecule has 0 atom stereocenters. The van der Waals surface area contributed by atoms with E-state index >= 15 is 0 Å². The third-order valence-electron chi connectivity index (χ3n) is 2.35. The maximum atomic E-state index is 5.64. The molecular weight excluding hydrogens is 230 g/mol. The normalized spacial score (nSPS) is 10.9. The predicted molar refractivity (Wildman–Crippen MR) is 66.1 cm³/mol. The number of nitrogens with one attached hydrogen (secondary N) is 1. The fourth-order valence-corrected chi connectivity index (χ4v) is 2.57. The van der Waals surface area contributed by atoms with Gasteiger partial charge in [0.25, 0.3) is 0 Å². The molecule has 0 unspecified atom stereocenters. The summed E-state index contributed by atoms with van der Waals surface area (Å²) in [5, 5.41) is 4.34. The summed E-state index contributed by atoms with van der Waals surface area (Å²) in [7, 11) is 0. The van der Waals surface area contributed by atoms with Gasteiger partial charge in [-0.25, -0.2) is 9.97 Å². The van der Waals surface area contributed by atoms with Gasteiger partial charge < -0.3 is 5.32 Å². The Morgan fingerprint density at radius 2 is 2.20 bits per heavy atom. The molecule has 5 heteroatoms. The zero-order chi connectivity index (χ0) is 10.8. The van der Waals surface area contributed by atoms with Gasteiger partial charge in [0.15, 0.2) is 0 Å². The topological polar surface area (TPSA) is 37.8 Å². The van der Waals surface area contributed by atoms with E-state index in [2.05, 4.69) is 29.1 Å². The summed E-state index contributed by atoms with van der Waals surface area (Å²) >= 11 is 7.35. The van der Waals surface area contributed by atoms with Crippen molar-refractivity contribution in [3.8, 4) is 0 Å². The van der Waals surface area contributed by atoms with Crippen molar-refractivity contribution >= 4 is 39.0 Å². The van der Waals surface area contributed by atoms with Crippen LogP contribution < -0.4 is 5.32 Å². The van der Waals surface area contributed by atoms with Gasteiger partial charge in [0.2, 0.25) is 0 Å². The number of rotatable bonds is 3. The van der Waals surface area contributed by atoms with Crippen LogP contribution in [0, 0.1) is 13.8 Å². The van der Waals surface area contributed by atoms with Crippen molar-refractivity contribution in [2.24, 2.45) is 0 Å². The van der Waals surface area contributed by atoms with Crippen LogP contribution in [0.2, 0.25) is 0 Å². The van der Waals surface area contributed by atoms with Crippen LogP contribution in [0.3, 0.4) is 0 Å². The highest BCUT2D eigenvalue weighted by Crippen LogP contribution is 2.32. The molecule has 0 radical (unpaired) electrons. The Morgan fingerprint density at radius 3 is 2.93 bits per heavy atom. The van der Waals surface area contributed by atoms with Crippen molar-refractivity contribution in [1.29, 1.82) is 0 Å². The first kappa shape index (κ1) is 10.6. The molecule has 0 fully saturated rings. The summed E-state index contributed by atoms with van der Waals surface area (Å²) in [5.74, 6) is 1.47. The molecule has 2 aromatic heterocycles. The maximum Gasteiger partial charge on any atom is 0.138 e. The van der Waals surface area contributed by atoms with Crippen molar-refractivity contribution in [2.45, 2.75) is 13.8 Å². The molecule has 0 spiro atoms. The van der Waals surface area contributed by atoms with Gasteiger partial charge in [-0.3, -0.25) is 0 Å². The fraction of sp³-hybridized carbons (Fsp3) is 0.400. The number of alkyl halides is 1. The maximum absolute atomic E-state index is 5.64. The molecule has 0 amide bonds. The first-order valence-electron chi connectivity index (χ1n) is 4.74. The Balaban J connectivity index is 2.53. The molecule has 2 heterocycles. The number of hydrogen-bond donors (Lipinski definition) is 1. The molecule has 0 saturated heterocycles. The van der Waals surface area contributed by atoms with Crippen molar-refractivity contribution in [1.82, 2.24) is 9.97 Å². The van der Waals surface area contributed by atoms with Crippen molar-refractivity contribution < 1.29 is 0 Å². The van der Waals surface area contributed by atoms with Gasteiger partial charge in [0, 0.05) is 17.3 Å². The first-order valence-corrected chi connectivity index (χ1v) is 6.09. The van der Waals surface area contributed by atoms with E-state index < -0.39 is 0 Å². The minimum Gasteiger partial charge on any atom is -0.368 e. The van der Waals surface area contributed by atoms with Crippen LogP contribution >= 0.6 is 22.9 Å². The van der Waals surface area contributed by atoms with Gasteiger partial charge in [0.05, 0.1) is 5.39 Å². The van der Waals surface area contributed by atoms with Crippen LogP contribution in [0.5, 0.6) is 0 Å². The molecule has 0 aliphatic heterocycles. The highest BCUT2D eigenvalue weighted by Gasteiger charge is 2.10. The van der Waals surface area contributed by atoms with Crippen LogP contribution in [0.1, 0.15) is 10.4 Å². The molecule has 0 bridgehead atoms. The lowest BCUT2D eigenvalue weighted by atomic mass is 10.2. The number of aryl methyl sites for hydroxylation is 2. The Bertz CT molecular complexity index is 481. The van der Waals surface area contributed by atoms with Gasteiger partial charge in [-0.15, -0.1) is 22.9 Å². The summed E-state index contributed by atoms with van der Waals surface area (Å²) in [6, 6.07) is 0. The van der Waals surface area contributed by atoms with E-state index in [1.807, 2.05) is 0 Å². The third kappa shape index (κ3) is 1.92. The van der Waals surface area contributed by atoms with E-state index in [1.165, 1.54) is 10.4 Å². The number of nitrogens with zero attached hydrogens (tertiary/aromatic N) is 2. The number of thiophene rings is 1. The van der Waals surface area contributed by atoms with Gasteiger partial charge >= 0.3 is 0 Å². The number of fused-ring (bicyclic) bond motifs is 1. The Labute approximate surface area is 97.5 Å². The SMILES string of the molecule is Cc1sc2ncnc(NCCCl)c2c1C.